The Bertz CT molecular complexity index is 1090. The molecule has 0 unspecified atom stereocenters. The average molecular weight is 406 g/mol. The van der Waals surface area contributed by atoms with E-state index in [0.717, 1.165) is 5.56 Å². The van der Waals surface area contributed by atoms with E-state index < -0.39 is 21.9 Å². The fourth-order valence-electron chi connectivity index (χ4n) is 2.93. The molecule has 27 heavy (non-hydrogen) atoms. The minimum absolute atomic E-state index is 0.0619. The van der Waals surface area contributed by atoms with Gasteiger partial charge in [-0.05, 0) is 17.7 Å². The van der Waals surface area contributed by atoms with E-state index in [2.05, 4.69) is 4.98 Å². The summed E-state index contributed by atoms with van der Waals surface area (Å²) in [7, 11) is -3.86. The van der Waals surface area contributed by atoms with Gasteiger partial charge in [-0.25, -0.2) is 13.4 Å². The number of aromatic nitrogens is 2. The maximum atomic E-state index is 12.9. The predicted octanol–water partition coefficient (Wildman–Crippen LogP) is 2.35. The Morgan fingerprint density at radius 3 is 2.59 bits per heavy atom. The Kier molecular flexibility index (Phi) is 4.63. The number of hydrogen-bond acceptors (Lipinski definition) is 5. The third-order valence-corrected chi connectivity index (χ3v) is 6.67. The molecule has 1 aliphatic rings. The van der Waals surface area contributed by atoms with Gasteiger partial charge < -0.3 is 4.74 Å². The molecule has 4 rings (SSSR count). The lowest BCUT2D eigenvalue weighted by Gasteiger charge is -2.36. The van der Waals surface area contributed by atoms with Crippen LogP contribution >= 0.6 is 11.6 Å². The topological polar surface area (TPSA) is 81.0 Å². The number of carbonyl (C=O) groups excluding carboxylic acids is 1. The molecule has 0 saturated carbocycles. The SMILES string of the molecule is O=C(OCc1ccccc1)C1CN(S(=O)(=O)c2c(Cl)nc3ccccn23)C1. The maximum Gasteiger partial charge on any atom is 0.311 e. The van der Waals surface area contributed by atoms with E-state index in [9.17, 15) is 13.2 Å². The number of rotatable bonds is 5. The summed E-state index contributed by atoms with van der Waals surface area (Å²) >= 11 is 6.06. The second kappa shape index (κ2) is 6.95. The second-order valence-electron chi connectivity index (χ2n) is 6.25. The molecule has 0 amide bonds. The number of pyridine rings is 1. The predicted molar refractivity (Wildman–Crippen MR) is 98.7 cm³/mol. The van der Waals surface area contributed by atoms with Crippen LogP contribution in [0.3, 0.4) is 0 Å². The summed E-state index contributed by atoms with van der Waals surface area (Å²) in [6.45, 7) is 0.292. The molecule has 3 heterocycles. The summed E-state index contributed by atoms with van der Waals surface area (Å²) in [6, 6.07) is 14.4. The number of hydrogen-bond donors (Lipinski definition) is 0. The molecule has 1 aliphatic heterocycles. The highest BCUT2D eigenvalue weighted by atomic mass is 35.5. The monoisotopic (exact) mass is 405 g/mol. The number of nitrogens with zero attached hydrogens (tertiary/aromatic N) is 3. The van der Waals surface area contributed by atoms with Crippen LogP contribution in [0.2, 0.25) is 5.15 Å². The van der Waals surface area contributed by atoms with Crippen LogP contribution < -0.4 is 0 Å². The van der Waals surface area contributed by atoms with Crippen LogP contribution in [0.15, 0.2) is 59.8 Å². The minimum Gasteiger partial charge on any atom is -0.461 e. The highest BCUT2D eigenvalue weighted by molar-refractivity contribution is 7.89. The third kappa shape index (κ3) is 3.31. The number of ether oxygens (including phenoxy) is 1. The van der Waals surface area contributed by atoms with Crippen molar-refractivity contribution in [2.45, 2.75) is 11.6 Å². The van der Waals surface area contributed by atoms with E-state index in [1.807, 2.05) is 30.3 Å². The smallest absolute Gasteiger partial charge is 0.311 e. The molecule has 3 aromatic rings. The molecule has 0 bridgehead atoms. The van der Waals surface area contributed by atoms with Gasteiger partial charge in [0.25, 0.3) is 10.0 Å². The lowest BCUT2D eigenvalue weighted by atomic mass is 10.0. The molecule has 9 heteroatoms. The largest absolute Gasteiger partial charge is 0.461 e. The lowest BCUT2D eigenvalue weighted by molar-refractivity contribution is -0.153. The lowest BCUT2D eigenvalue weighted by Crippen LogP contribution is -2.53. The zero-order chi connectivity index (χ0) is 19.0. The Morgan fingerprint density at radius 1 is 1.15 bits per heavy atom. The normalized spacial score (nSPS) is 15.6. The van der Waals surface area contributed by atoms with Crippen LogP contribution in [0.4, 0.5) is 0 Å². The first kappa shape index (κ1) is 18.0. The summed E-state index contributed by atoms with van der Waals surface area (Å²) in [5.41, 5.74) is 1.33. The molecule has 7 nitrogen and oxygen atoms in total. The van der Waals surface area contributed by atoms with E-state index in [1.54, 1.807) is 24.4 Å². The molecule has 0 atom stereocenters. The van der Waals surface area contributed by atoms with Crippen molar-refractivity contribution in [3.63, 3.8) is 0 Å². The minimum atomic E-state index is -3.86. The maximum absolute atomic E-state index is 12.9. The number of fused-ring (bicyclic) bond motifs is 1. The van der Waals surface area contributed by atoms with Crippen molar-refractivity contribution < 1.29 is 17.9 Å². The van der Waals surface area contributed by atoms with Gasteiger partial charge in [-0.2, -0.15) is 4.31 Å². The van der Waals surface area contributed by atoms with Crippen LogP contribution in [0.25, 0.3) is 5.65 Å². The number of halogens is 1. The van der Waals surface area contributed by atoms with Gasteiger partial charge in [-0.1, -0.05) is 48.0 Å². The Labute approximate surface area is 161 Å². The van der Waals surface area contributed by atoms with Gasteiger partial charge in [-0.3, -0.25) is 9.20 Å². The third-order valence-electron chi connectivity index (χ3n) is 4.44. The van der Waals surface area contributed by atoms with Crippen molar-refractivity contribution in [1.29, 1.82) is 0 Å². The Hall–Kier alpha value is -2.42. The van der Waals surface area contributed by atoms with Crippen molar-refractivity contribution in [2.75, 3.05) is 13.1 Å². The quantitative estimate of drug-likeness (QED) is 0.608. The van der Waals surface area contributed by atoms with Crippen LogP contribution in [-0.2, 0) is 26.2 Å². The van der Waals surface area contributed by atoms with Gasteiger partial charge in [0.15, 0.2) is 10.2 Å². The number of imidazole rings is 1. The van der Waals surface area contributed by atoms with E-state index >= 15 is 0 Å². The zero-order valence-corrected chi connectivity index (χ0v) is 15.7. The summed E-state index contributed by atoms with van der Waals surface area (Å²) in [5.74, 6) is -0.893. The summed E-state index contributed by atoms with van der Waals surface area (Å²) in [5, 5.41) is -0.174. The van der Waals surface area contributed by atoms with Crippen molar-refractivity contribution in [1.82, 2.24) is 13.7 Å². The van der Waals surface area contributed by atoms with Crippen LogP contribution in [-0.4, -0.2) is 41.2 Å². The Morgan fingerprint density at radius 2 is 1.85 bits per heavy atom. The first-order valence-corrected chi connectivity index (χ1v) is 10.1. The molecular formula is C18H16ClN3O4S. The van der Waals surface area contributed by atoms with Gasteiger partial charge >= 0.3 is 5.97 Å². The highest BCUT2D eigenvalue weighted by Gasteiger charge is 2.43. The molecule has 1 aromatic carbocycles. The molecule has 1 fully saturated rings. The van der Waals surface area contributed by atoms with Gasteiger partial charge in [-0.15, -0.1) is 0 Å². The van der Waals surface area contributed by atoms with Crippen molar-refractivity contribution in [3.05, 3.63) is 65.4 Å². The Balaban J connectivity index is 1.44. The summed E-state index contributed by atoms with van der Waals surface area (Å²) in [6.07, 6.45) is 1.59. The van der Waals surface area contributed by atoms with Gasteiger partial charge in [0.2, 0.25) is 0 Å². The van der Waals surface area contributed by atoms with Crippen LogP contribution in [0.1, 0.15) is 5.56 Å². The van der Waals surface area contributed by atoms with Crippen molar-refractivity contribution in [3.8, 4) is 0 Å². The van der Waals surface area contributed by atoms with E-state index in [-0.39, 0.29) is 29.9 Å². The fraction of sp³-hybridized carbons (Fsp3) is 0.222. The first-order chi connectivity index (χ1) is 13.0. The molecular weight excluding hydrogens is 390 g/mol. The summed E-state index contributed by atoms with van der Waals surface area (Å²) in [4.78, 5) is 16.2. The van der Waals surface area contributed by atoms with E-state index in [1.165, 1.54) is 8.71 Å². The number of carbonyl (C=O) groups is 1. The van der Waals surface area contributed by atoms with Crippen LogP contribution in [0.5, 0.6) is 0 Å². The van der Waals surface area contributed by atoms with Gasteiger partial charge in [0, 0.05) is 19.3 Å². The molecule has 0 aliphatic carbocycles. The molecule has 0 radical (unpaired) electrons. The summed E-state index contributed by atoms with van der Waals surface area (Å²) < 4.78 is 33.7. The second-order valence-corrected chi connectivity index (χ2v) is 8.46. The van der Waals surface area contributed by atoms with Gasteiger partial charge in [0.1, 0.15) is 12.3 Å². The zero-order valence-electron chi connectivity index (χ0n) is 14.2. The van der Waals surface area contributed by atoms with Crippen LogP contribution in [0, 0.1) is 5.92 Å². The first-order valence-electron chi connectivity index (χ1n) is 8.30. The van der Waals surface area contributed by atoms with Crippen molar-refractivity contribution >= 4 is 33.2 Å². The molecule has 2 aromatic heterocycles. The van der Waals surface area contributed by atoms with Gasteiger partial charge in [0.05, 0.1) is 5.92 Å². The number of esters is 1. The molecule has 1 saturated heterocycles. The molecule has 0 N–H and O–H groups in total. The average Bonchev–Trinajstić information content (AvgIpc) is 2.95. The molecule has 140 valence electrons. The number of benzene rings is 1. The van der Waals surface area contributed by atoms with E-state index in [0.29, 0.717) is 5.65 Å². The fourth-order valence-corrected chi connectivity index (χ4v) is 5.06. The number of sulfonamides is 1. The van der Waals surface area contributed by atoms with Crippen molar-refractivity contribution in [2.24, 2.45) is 5.92 Å². The highest BCUT2D eigenvalue weighted by Crippen LogP contribution is 2.30. The molecule has 0 spiro atoms. The van der Waals surface area contributed by atoms with E-state index in [4.69, 9.17) is 16.3 Å². The standard InChI is InChI=1S/C18H16ClN3O4S/c19-16-17(22-9-5-4-8-15(22)20-16)27(24,25)21-10-14(11-21)18(23)26-12-13-6-2-1-3-7-13/h1-9,14H,10-12H2.